The molecule has 2 aliphatic heterocycles. The number of piperidine rings is 1. The van der Waals surface area contributed by atoms with Crippen LogP contribution < -0.4 is 5.56 Å². The van der Waals surface area contributed by atoms with E-state index >= 15 is 0 Å². The van der Waals surface area contributed by atoms with Crippen molar-refractivity contribution in [2.75, 3.05) is 33.4 Å². The van der Waals surface area contributed by atoms with Gasteiger partial charge in [0.15, 0.2) is 0 Å². The second kappa shape index (κ2) is 8.73. The van der Waals surface area contributed by atoms with Gasteiger partial charge in [-0.25, -0.2) is 0 Å². The van der Waals surface area contributed by atoms with Crippen molar-refractivity contribution < 1.29 is 9.53 Å². The Labute approximate surface area is 176 Å². The number of nitrogens with zero attached hydrogens (tertiary/aromatic N) is 4. The Bertz CT molecular complexity index is 966. The first kappa shape index (κ1) is 20.8. The number of aromatic nitrogens is 3. The van der Waals surface area contributed by atoms with Crippen molar-refractivity contribution in [3.05, 3.63) is 51.2 Å². The summed E-state index contributed by atoms with van der Waals surface area (Å²) in [5, 5.41) is 7.03. The van der Waals surface area contributed by atoms with Crippen LogP contribution in [0.5, 0.6) is 0 Å². The average molecular weight is 414 g/mol. The first-order valence-corrected chi connectivity index (χ1v) is 10.7. The molecule has 0 aliphatic carbocycles. The number of rotatable bonds is 7. The number of nitrogens with one attached hydrogen (secondary N) is 1. The molecule has 30 heavy (non-hydrogen) atoms. The van der Waals surface area contributed by atoms with Gasteiger partial charge >= 0.3 is 0 Å². The smallest absolute Gasteiger partial charge is 0.255 e. The highest BCUT2D eigenvalue weighted by Crippen LogP contribution is 2.35. The van der Waals surface area contributed by atoms with E-state index in [1.165, 1.54) is 0 Å². The summed E-state index contributed by atoms with van der Waals surface area (Å²) >= 11 is 0. The standard InChI is InChI=1S/C22H31N5O3/c1-4-30-14-21(28)26-9-16-7-18(13-26)20-6-5-17(22(29)27(20)10-16)11-25(3)12-19-8-23-24-15(19)2/h5-6,8,16,18H,4,7,9-14H2,1-3H3,(H,23,24)/t16-,18+/m0/s1. The van der Waals surface area contributed by atoms with Crippen molar-refractivity contribution >= 4 is 5.91 Å². The van der Waals surface area contributed by atoms with Crippen molar-refractivity contribution in [2.24, 2.45) is 5.92 Å². The maximum absolute atomic E-state index is 13.2. The van der Waals surface area contributed by atoms with Gasteiger partial charge in [-0.1, -0.05) is 6.07 Å². The van der Waals surface area contributed by atoms with E-state index in [-0.39, 0.29) is 24.0 Å². The second-order valence-electron chi connectivity index (χ2n) is 8.63. The molecule has 0 radical (unpaired) electrons. The summed E-state index contributed by atoms with van der Waals surface area (Å²) in [6, 6.07) is 4.05. The molecule has 1 amide bonds. The Balaban J connectivity index is 1.48. The van der Waals surface area contributed by atoms with Gasteiger partial charge in [0, 0.05) is 67.8 Å². The number of aryl methyl sites for hydroxylation is 1. The number of amides is 1. The molecule has 8 nitrogen and oxygen atoms in total. The zero-order valence-corrected chi connectivity index (χ0v) is 18.1. The average Bonchev–Trinajstić information content (AvgIpc) is 3.12. The van der Waals surface area contributed by atoms with Crippen LogP contribution in [0.25, 0.3) is 0 Å². The third kappa shape index (κ3) is 4.20. The van der Waals surface area contributed by atoms with Gasteiger partial charge in [0.2, 0.25) is 5.91 Å². The first-order chi connectivity index (χ1) is 14.5. The largest absolute Gasteiger partial charge is 0.372 e. The predicted octanol–water partition coefficient (Wildman–Crippen LogP) is 1.49. The minimum absolute atomic E-state index is 0.0510. The fourth-order valence-electron chi connectivity index (χ4n) is 4.77. The SMILES string of the molecule is CCOCC(=O)N1C[C@@H]2C[C@H](C1)c1ccc(CN(C)Cc3cn[nH]c3C)c(=O)n1C2. The summed E-state index contributed by atoms with van der Waals surface area (Å²) in [4.78, 5) is 29.7. The monoisotopic (exact) mass is 413 g/mol. The Morgan fingerprint density at radius 1 is 1.27 bits per heavy atom. The highest BCUT2D eigenvalue weighted by Gasteiger charge is 2.36. The zero-order chi connectivity index (χ0) is 21.3. The lowest BCUT2D eigenvalue weighted by Gasteiger charge is -2.43. The van der Waals surface area contributed by atoms with E-state index in [1.807, 2.05) is 42.6 Å². The zero-order valence-electron chi connectivity index (χ0n) is 18.1. The number of carbonyl (C=O) groups excluding carboxylic acids is 1. The Hall–Kier alpha value is -2.45. The van der Waals surface area contributed by atoms with Crippen molar-refractivity contribution in [3.63, 3.8) is 0 Å². The maximum Gasteiger partial charge on any atom is 0.255 e. The lowest BCUT2D eigenvalue weighted by Crippen LogP contribution is -2.50. The molecule has 0 unspecified atom stereocenters. The first-order valence-electron chi connectivity index (χ1n) is 10.7. The Kier molecular flexibility index (Phi) is 6.06. The van der Waals surface area contributed by atoms with E-state index in [0.717, 1.165) is 35.5 Å². The molecule has 2 aliphatic rings. The molecule has 1 fully saturated rings. The number of pyridine rings is 1. The minimum atomic E-state index is 0.0510. The van der Waals surface area contributed by atoms with E-state index in [9.17, 15) is 9.59 Å². The quantitative estimate of drug-likeness (QED) is 0.744. The summed E-state index contributed by atoms with van der Waals surface area (Å²) in [5.74, 6) is 0.590. The van der Waals surface area contributed by atoms with Crippen molar-refractivity contribution in [2.45, 2.75) is 45.8 Å². The third-order valence-corrected chi connectivity index (χ3v) is 6.28. The summed E-state index contributed by atoms with van der Waals surface area (Å²) in [5.41, 5.74) is 4.17. The van der Waals surface area contributed by atoms with Crippen LogP contribution in [-0.4, -0.2) is 63.8 Å². The molecule has 4 rings (SSSR count). The molecular weight excluding hydrogens is 382 g/mol. The van der Waals surface area contributed by atoms with E-state index in [0.29, 0.717) is 38.7 Å². The summed E-state index contributed by atoms with van der Waals surface area (Å²) < 4.78 is 7.25. The number of hydrogen-bond donors (Lipinski definition) is 1. The van der Waals surface area contributed by atoms with Crippen molar-refractivity contribution in [1.29, 1.82) is 0 Å². The fraction of sp³-hybridized carbons (Fsp3) is 0.591. The van der Waals surface area contributed by atoms with Gasteiger partial charge in [-0.05, 0) is 39.3 Å². The van der Waals surface area contributed by atoms with E-state index in [4.69, 9.17) is 4.74 Å². The third-order valence-electron chi connectivity index (χ3n) is 6.28. The van der Waals surface area contributed by atoms with Crippen LogP contribution in [0.4, 0.5) is 0 Å². The Morgan fingerprint density at radius 3 is 2.80 bits per heavy atom. The molecular formula is C22H31N5O3. The number of aromatic amines is 1. The van der Waals surface area contributed by atoms with E-state index < -0.39 is 0 Å². The molecule has 2 aromatic rings. The molecule has 0 saturated carbocycles. The van der Waals surface area contributed by atoms with Gasteiger partial charge in [0.05, 0.1) is 6.20 Å². The highest BCUT2D eigenvalue weighted by molar-refractivity contribution is 5.77. The van der Waals surface area contributed by atoms with Gasteiger partial charge in [0.1, 0.15) is 6.61 Å². The number of hydrogen-bond acceptors (Lipinski definition) is 5. The topological polar surface area (TPSA) is 83.5 Å². The van der Waals surface area contributed by atoms with E-state index in [2.05, 4.69) is 21.2 Å². The minimum Gasteiger partial charge on any atom is -0.372 e. The van der Waals surface area contributed by atoms with Crippen LogP contribution in [-0.2, 0) is 29.2 Å². The molecule has 1 N–H and O–H groups in total. The number of carbonyl (C=O) groups is 1. The van der Waals surface area contributed by atoms with Crippen molar-refractivity contribution in [1.82, 2.24) is 24.6 Å². The number of ether oxygens (including phenoxy) is 1. The summed E-state index contributed by atoms with van der Waals surface area (Å²) in [7, 11) is 2.02. The Morgan fingerprint density at radius 2 is 2.07 bits per heavy atom. The van der Waals surface area contributed by atoms with Crippen LogP contribution in [0.2, 0.25) is 0 Å². The van der Waals surface area contributed by atoms with Crippen LogP contribution >= 0.6 is 0 Å². The van der Waals surface area contributed by atoms with Crippen LogP contribution in [0.15, 0.2) is 23.1 Å². The van der Waals surface area contributed by atoms with E-state index in [1.54, 1.807) is 0 Å². The number of H-pyrrole nitrogens is 1. The van der Waals surface area contributed by atoms with Gasteiger partial charge in [-0.3, -0.25) is 19.6 Å². The molecule has 0 spiro atoms. The molecule has 2 aromatic heterocycles. The normalized spacial score (nSPS) is 20.5. The predicted molar refractivity (Wildman–Crippen MR) is 113 cm³/mol. The fourth-order valence-corrected chi connectivity index (χ4v) is 4.77. The van der Waals surface area contributed by atoms with Gasteiger partial charge in [-0.15, -0.1) is 0 Å². The maximum atomic E-state index is 13.2. The van der Waals surface area contributed by atoms with Crippen LogP contribution in [0.1, 0.15) is 41.8 Å². The summed E-state index contributed by atoms with van der Waals surface area (Å²) in [6.07, 6.45) is 2.88. The highest BCUT2D eigenvalue weighted by atomic mass is 16.5. The lowest BCUT2D eigenvalue weighted by atomic mass is 9.83. The molecule has 162 valence electrons. The van der Waals surface area contributed by atoms with Crippen molar-refractivity contribution in [3.8, 4) is 0 Å². The molecule has 0 aromatic carbocycles. The number of likely N-dealkylation sites (tertiary alicyclic amines) is 1. The molecule has 4 heterocycles. The van der Waals surface area contributed by atoms with Gasteiger partial charge in [-0.2, -0.15) is 5.10 Å². The van der Waals surface area contributed by atoms with Crippen LogP contribution in [0, 0.1) is 12.8 Å². The summed E-state index contributed by atoms with van der Waals surface area (Å²) in [6.45, 7) is 7.98. The molecule has 2 atom stereocenters. The number of fused-ring (bicyclic) bond motifs is 4. The molecule has 2 bridgehead atoms. The molecule has 1 saturated heterocycles. The second-order valence-corrected chi connectivity index (χ2v) is 8.63. The molecule has 8 heteroatoms. The van der Waals surface area contributed by atoms with Gasteiger partial charge in [0.25, 0.3) is 5.56 Å². The van der Waals surface area contributed by atoms with Gasteiger partial charge < -0.3 is 14.2 Å². The van der Waals surface area contributed by atoms with Crippen LogP contribution in [0.3, 0.4) is 0 Å². The lowest BCUT2D eigenvalue weighted by molar-refractivity contribution is -0.138.